The number of carbonyl (C=O) groups excluding carboxylic acids is 2. The van der Waals surface area contributed by atoms with Gasteiger partial charge in [0.15, 0.2) is 6.61 Å². The normalized spacial score (nSPS) is 9.79. The largest absolute Gasteiger partial charge is 0.482 e. The highest BCUT2D eigenvalue weighted by atomic mass is 16.6. The maximum Gasteiger partial charge on any atom is 0.344 e. The van der Waals surface area contributed by atoms with Gasteiger partial charge in [-0.25, -0.2) is 4.79 Å². The molecule has 5 heteroatoms. The van der Waals surface area contributed by atoms with Crippen LogP contribution < -0.4 is 10.1 Å². The second-order valence-corrected chi connectivity index (χ2v) is 4.07. The molecule has 1 aromatic rings. The topological polar surface area (TPSA) is 64.6 Å². The summed E-state index contributed by atoms with van der Waals surface area (Å²) >= 11 is 0. The molecular weight excluding hydrogens is 246 g/mol. The summed E-state index contributed by atoms with van der Waals surface area (Å²) in [7, 11) is 0. The maximum absolute atomic E-state index is 11.3. The summed E-state index contributed by atoms with van der Waals surface area (Å²) in [5.41, 5.74) is 0.629. The molecule has 0 fully saturated rings. The van der Waals surface area contributed by atoms with E-state index in [9.17, 15) is 9.59 Å². The first kappa shape index (κ1) is 15.0. The highest BCUT2D eigenvalue weighted by Gasteiger charge is 2.04. The quantitative estimate of drug-likeness (QED) is 0.607. The predicted molar refractivity (Wildman–Crippen MR) is 72.1 cm³/mol. The third-order valence-corrected chi connectivity index (χ3v) is 2.27. The number of unbranched alkanes of at least 4 members (excludes halogenated alkanes) is 1. The van der Waals surface area contributed by atoms with E-state index in [4.69, 9.17) is 9.47 Å². The van der Waals surface area contributed by atoms with E-state index in [2.05, 4.69) is 5.32 Å². The van der Waals surface area contributed by atoms with Crippen LogP contribution in [0, 0.1) is 0 Å². The fourth-order valence-electron chi connectivity index (χ4n) is 1.38. The standard InChI is InChI=1S/C14H19NO4/c1-3-4-8-18-14(17)10-19-13-7-5-6-12(9-13)15-11(2)16/h5-7,9H,3-4,8,10H2,1-2H3,(H,15,16). The van der Waals surface area contributed by atoms with Crippen molar-refractivity contribution in [2.45, 2.75) is 26.7 Å². The summed E-state index contributed by atoms with van der Waals surface area (Å²) in [6, 6.07) is 6.85. The van der Waals surface area contributed by atoms with Gasteiger partial charge in [-0.05, 0) is 18.6 Å². The van der Waals surface area contributed by atoms with Gasteiger partial charge in [-0.2, -0.15) is 0 Å². The lowest BCUT2D eigenvalue weighted by Crippen LogP contribution is -2.15. The molecule has 1 amide bonds. The molecule has 0 heterocycles. The first-order chi connectivity index (χ1) is 9.11. The van der Waals surface area contributed by atoms with Crippen LogP contribution in [0.2, 0.25) is 0 Å². The van der Waals surface area contributed by atoms with Crippen LogP contribution in [0.25, 0.3) is 0 Å². The average Bonchev–Trinajstić information content (AvgIpc) is 2.36. The number of carbonyl (C=O) groups is 2. The van der Waals surface area contributed by atoms with Gasteiger partial charge in [-0.3, -0.25) is 4.79 Å². The summed E-state index contributed by atoms with van der Waals surface area (Å²) in [5, 5.41) is 2.64. The van der Waals surface area contributed by atoms with E-state index < -0.39 is 5.97 Å². The van der Waals surface area contributed by atoms with Crippen molar-refractivity contribution in [3.63, 3.8) is 0 Å². The van der Waals surface area contributed by atoms with Crippen LogP contribution >= 0.6 is 0 Å². The van der Waals surface area contributed by atoms with E-state index in [1.807, 2.05) is 6.92 Å². The zero-order valence-corrected chi connectivity index (χ0v) is 11.3. The summed E-state index contributed by atoms with van der Waals surface area (Å²) < 4.78 is 10.3. The van der Waals surface area contributed by atoms with Gasteiger partial charge >= 0.3 is 5.97 Å². The Morgan fingerprint density at radius 1 is 1.32 bits per heavy atom. The summed E-state index contributed by atoms with van der Waals surface area (Å²) in [4.78, 5) is 22.2. The van der Waals surface area contributed by atoms with Gasteiger partial charge in [0.05, 0.1) is 6.61 Å². The van der Waals surface area contributed by atoms with Crippen LogP contribution in [0.5, 0.6) is 5.75 Å². The number of anilines is 1. The van der Waals surface area contributed by atoms with Crippen LogP contribution in [0.4, 0.5) is 5.69 Å². The van der Waals surface area contributed by atoms with Crippen molar-refractivity contribution in [1.29, 1.82) is 0 Å². The number of ether oxygens (including phenoxy) is 2. The molecular formula is C14H19NO4. The molecule has 1 rings (SSSR count). The van der Waals surface area contributed by atoms with Gasteiger partial charge in [-0.1, -0.05) is 19.4 Å². The Morgan fingerprint density at radius 3 is 2.79 bits per heavy atom. The molecule has 0 spiro atoms. The van der Waals surface area contributed by atoms with Crippen molar-refractivity contribution < 1.29 is 19.1 Å². The lowest BCUT2D eigenvalue weighted by molar-refractivity contribution is -0.146. The molecule has 0 radical (unpaired) electrons. The summed E-state index contributed by atoms with van der Waals surface area (Å²) in [5.74, 6) is -0.0341. The molecule has 0 aromatic heterocycles. The predicted octanol–water partition coefficient (Wildman–Crippen LogP) is 2.37. The van der Waals surface area contributed by atoms with Crippen molar-refractivity contribution in [2.75, 3.05) is 18.5 Å². The molecule has 0 unspecified atom stereocenters. The van der Waals surface area contributed by atoms with Crippen molar-refractivity contribution in [3.05, 3.63) is 24.3 Å². The Hall–Kier alpha value is -2.04. The van der Waals surface area contributed by atoms with Crippen LogP contribution in [0.15, 0.2) is 24.3 Å². The number of rotatable bonds is 7. The van der Waals surface area contributed by atoms with Crippen LogP contribution in [-0.2, 0) is 14.3 Å². The molecule has 0 aliphatic rings. The molecule has 0 aliphatic heterocycles. The monoisotopic (exact) mass is 265 g/mol. The van der Waals surface area contributed by atoms with Crippen molar-refractivity contribution in [3.8, 4) is 5.75 Å². The molecule has 19 heavy (non-hydrogen) atoms. The Bertz CT molecular complexity index is 431. The molecule has 5 nitrogen and oxygen atoms in total. The highest BCUT2D eigenvalue weighted by Crippen LogP contribution is 2.17. The number of hydrogen-bond donors (Lipinski definition) is 1. The fourth-order valence-corrected chi connectivity index (χ4v) is 1.38. The second-order valence-electron chi connectivity index (χ2n) is 4.07. The third kappa shape index (κ3) is 6.45. The smallest absolute Gasteiger partial charge is 0.344 e. The number of hydrogen-bond acceptors (Lipinski definition) is 4. The van der Waals surface area contributed by atoms with E-state index >= 15 is 0 Å². The molecule has 0 atom stereocenters. The van der Waals surface area contributed by atoms with E-state index in [-0.39, 0.29) is 12.5 Å². The Balaban J connectivity index is 2.40. The van der Waals surface area contributed by atoms with Crippen LogP contribution in [-0.4, -0.2) is 25.1 Å². The number of nitrogens with one attached hydrogen (secondary N) is 1. The zero-order chi connectivity index (χ0) is 14.1. The molecule has 0 bridgehead atoms. The van der Waals surface area contributed by atoms with E-state index in [1.54, 1.807) is 24.3 Å². The molecule has 0 aliphatic carbocycles. The van der Waals surface area contributed by atoms with Gasteiger partial charge < -0.3 is 14.8 Å². The lowest BCUT2D eigenvalue weighted by atomic mass is 10.3. The molecule has 104 valence electrons. The van der Waals surface area contributed by atoms with E-state index in [1.165, 1.54) is 6.92 Å². The lowest BCUT2D eigenvalue weighted by Gasteiger charge is -2.08. The summed E-state index contributed by atoms with van der Waals surface area (Å²) in [6.45, 7) is 3.74. The van der Waals surface area contributed by atoms with E-state index in [0.29, 0.717) is 18.0 Å². The minimum atomic E-state index is -0.390. The SMILES string of the molecule is CCCCOC(=O)COc1cccc(NC(C)=O)c1. The number of benzene rings is 1. The minimum Gasteiger partial charge on any atom is -0.482 e. The molecule has 0 saturated carbocycles. The molecule has 0 saturated heterocycles. The fraction of sp³-hybridized carbons (Fsp3) is 0.429. The van der Waals surface area contributed by atoms with Crippen LogP contribution in [0.3, 0.4) is 0 Å². The number of amides is 1. The zero-order valence-electron chi connectivity index (χ0n) is 11.3. The van der Waals surface area contributed by atoms with Gasteiger partial charge in [0, 0.05) is 18.7 Å². The van der Waals surface area contributed by atoms with Crippen molar-refractivity contribution in [1.82, 2.24) is 0 Å². The van der Waals surface area contributed by atoms with E-state index in [0.717, 1.165) is 12.8 Å². The van der Waals surface area contributed by atoms with Crippen LogP contribution in [0.1, 0.15) is 26.7 Å². The van der Waals surface area contributed by atoms with Gasteiger partial charge in [-0.15, -0.1) is 0 Å². The highest BCUT2D eigenvalue weighted by molar-refractivity contribution is 5.88. The van der Waals surface area contributed by atoms with Gasteiger partial charge in [0.2, 0.25) is 5.91 Å². The first-order valence-electron chi connectivity index (χ1n) is 6.28. The number of esters is 1. The Kier molecular flexibility index (Phi) is 6.43. The second kappa shape index (κ2) is 8.13. The van der Waals surface area contributed by atoms with Gasteiger partial charge in [0.25, 0.3) is 0 Å². The van der Waals surface area contributed by atoms with Gasteiger partial charge in [0.1, 0.15) is 5.75 Å². The van der Waals surface area contributed by atoms with Crippen molar-refractivity contribution in [2.24, 2.45) is 0 Å². The average molecular weight is 265 g/mol. The maximum atomic E-state index is 11.3. The third-order valence-electron chi connectivity index (χ3n) is 2.27. The molecule has 1 aromatic carbocycles. The molecule has 1 N–H and O–H groups in total. The Labute approximate surface area is 112 Å². The first-order valence-corrected chi connectivity index (χ1v) is 6.28. The van der Waals surface area contributed by atoms with Crippen molar-refractivity contribution >= 4 is 17.6 Å². The minimum absolute atomic E-state index is 0.132. The Morgan fingerprint density at radius 2 is 2.11 bits per heavy atom. The summed E-state index contributed by atoms with van der Waals surface area (Å²) in [6.07, 6.45) is 1.83.